The zero-order chi connectivity index (χ0) is 14.8. The molecule has 0 saturated carbocycles. The summed E-state index contributed by atoms with van der Waals surface area (Å²) in [6.07, 6.45) is 1.69. The fourth-order valence-electron chi connectivity index (χ4n) is 2.22. The lowest BCUT2D eigenvalue weighted by Crippen LogP contribution is -1.96. The fraction of sp³-hybridized carbons (Fsp3) is 0.125. The van der Waals surface area contributed by atoms with E-state index in [-0.39, 0.29) is 5.56 Å². The molecule has 3 aromatic rings. The van der Waals surface area contributed by atoms with E-state index in [0.717, 1.165) is 17.0 Å². The molecule has 3 rings (SSSR count). The molecular weight excluding hydrogens is 268 g/mol. The minimum absolute atomic E-state index is 0.236. The van der Waals surface area contributed by atoms with Gasteiger partial charge in [-0.3, -0.25) is 4.57 Å². The third kappa shape index (κ3) is 2.45. The molecule has 1 N–H and O–H groups in total. The number of ether oxygens (including phenoxy) is 1. The average Bonchev–Trinajstić information content (AvgIpc) is 2.91. The molecule has 1 heterocycles. The van der Waals surface area contributed by atoms with Crippen molar-refractivity contribution < 1.29 is 14.6 Å². The van der Waals surface area contributed by atoms with Crippen LogP contribution in [0.2, 0.25) is 0 Å². The SMILES string of the molecule is CCOc1ccc(-n2cnc3cc(C(=O)O)ccc32)cc1. The molecule has 0 aliphatic carbocycles. The number of fused-ring (bicyclic) bond motifs is 1. The van der Waals surface area contributed by atoms with Crippen LogP contribution in [-0.4, -0.2) is 27.2 Å². The van der Waals surface area contributed by atoms with Gasteiger partial charge in [0.1, 0.15) is 12.1 Å². The number of aromatic carboxylic acids is 1. The van der Waals surface area contributed by atoms with E-state index >= 15 is 0 Å². The summed E-state index contributed by atoms with van der Waals surface area (Å²) in [6, 6.07) is 12.6. The number of carbonyl (C=O) groups is 1. The molecule has 0 aliphatic heterocycles. The van der Waals surface area contributed by atoms with Crippen molar-refractivity contribution in [2.45, 2.75) is 6.92 Å². The van der Waals surface area contributed by atoms with Gasteiger partial charge in [0, 0.05) is 5.69 Å². The van der Waals surface area contributed by atoms with Crippen molar-refractivity contribution in [2.24, 2.45) is 0 Å². The summed E-state index contributed by atoms with van der Waals surface area (Å²) in [4.78, 5) is 15.2. The lowest BCUT2D eigenvalue weighted by Gasteiger charge is -2.07. The number of hydrogen-bond donors (Lipinski definition) is 1. The Balaban J connectivity index is 2.02. The molecule has 0 amide bonds. The van der Waals surface area contributed by atoms with Crippen LogP contribution in [0.5, 0.6) is 5.75 Å². The molecule has 0 atom stereocenters. The van der Waals surface area contributed by atoms with Crippen molar-refractivity contribution in [1.82, 2.24) is 9.55 Å². The molecule has 0 radical (unpaired) electrons. The van der Waals surface area contributed by atoms with E-state index in [4.69, 9.17) is 9.84 Å². The van der Waals surface area contributed by atoms with Gasteiger partial charge in [0.25, 0.3) is 0 Å². The second-order valence-corrected chi connectivity index (χ2v) is 4.55. The summed E-state index contributed by atoms with van der Waals surface area (Å²) >= 11 is 0. The van der Waals surface area contributed by atoms with Crippen molar-refractivity contribution in [3.8, 4) is 11.4 Å². The largest absolute Gasteiger partial charge is 0.494 e. The third-order valence-corrected chi connectivity index (χ3v) is 3.22. The first-order chi connectivity index (χ1) is 10.2. The average molecular weight is 282 g/mol. The molecule has 0 bridgehead atoms. The normalized spacial score (nSPS) is 10.7. The highest BCUT2D eigenvalue weighted by molar-refractivity contribution is 5.92. The quantitative estimate of drug-likeness (QED) is 0.798. The summed E-state index contributed by atoms with van der Waals surface area (Å²) in [6.45, 7) is 2.57. The monoisotopic (exact) mass is 282 g/mol. The van der Waals surface area contributed by atoms with Crippen LogP contribution in [-0.2, 0) is 0 Å². The first kappa shape index (κ1) is 13.2. The number of rotatable bonds is 4. The number of nitrogens with zero attached hydrogens (tertiary/aromatic N) is 2. The molecule has 106 valence electrons. The number of aromatic nitrogens is 2. The Morgan fingerprint density at radius 2 is 2.00 bits per heavy atom. The fourth-order valence-corrected chi connectivity index (χ4v) is 2.22. The maximum Gasteiger partial charge on any atom is 0.335 e. The van der Waals surface area contributed by atoms with Crippen LogP contribution in [0.15, 0.2) is 48.8 Å². The number of carboxylic acid groups (broad SMARTS) is 1. The maximum absolute atomic E-state index is 11.0. The van der Waals surface area contributed by atoms with Crippen molar-refractivity contribution in [2.75, 3.05) is 6.61 Å². The van der Waals surface area contributed by atoms with Gasteiger partial charge >= 0.3 is 5.97 Å². The van der Waals surface area contributed by atoms with E-state index in [1.165, 1.54) is 0 Å². The zero-order valence-corrected chi connectivity index (χ0v) is 11.5. The summed E-state index contributed by atoms with van der Waals surface area (Å²) in [7, 11) is 0. The first-order valence-corrected chi connectivity index (χ1v) is 6.62. The van der Waals surface area contributed by atoms with E-state index < -0.39 is 5.97 Å². The molecule has 5 heteroatoms. The Labute approximate surface area is 121 Å². The van der Waals surface area contributed by atoms with E-state index in [1.807, 2.05) is 35.8 Å². The highest BCUT2D eigenvalue weighted by atomic mass is 16.5. The predicted octanol–water partition coefficient (Wildman–Crippen LogP) is 3.12. The van der Waals surface area contributed by atoms with Gasteiger partial charge < -0.3 is 9.84 Å². The second kappa shape index (κ2) is 5.28. The predicted molar refractivity (Wildman–Crippen MR) is 79.2 cm³/mol. The van der Waals surface area contributed by atoms with Gasteiger partial charge in [-0.25, -0.2) is 9.78 Å². The maximum atomic E-state index is 11.0. The Bertz CT molecular complexity index is 791. The molecule has 0 aliphatic rings. The van der Waals surface area contributed by atoms with Crippen LogP contribution in [0.4, 0.5) is 0 Å². The number of carboxylic acids is 1. The lowest BCUT2D eigenvalue weighted by atomic mass is 10.2. The number of imidazole rings is 1. The summed E-state index contributed by atoms with van der Waals surface area (Å²) in [5.74, 6) is -0.133. The van der Waals surface area contributed by atoms with Gasteiger partial charge in [-0.05, 0) is 49.4 Å². The van der Waals surface area contributed by atoms with Crippen molar-refractivity contribution >= 4 is 17.0 Å². The minimum atomic E-state index is -0.951. The van der Waals surface area contributed by atoms with Crippen molar-refractivity contribution in [1.29, 1.82) is 0 Å². The topological polar surface area (TPSA) is 64.4 Å². The summed E-state index contributed by atoms with van der Waals surface area (Å²) in [5.41, 5.74) is 2.71. The highest BCUT2D eigenvalue weighted by Gasteiger charge is 2.08. The van der Waals surface area contributed by atoms with E-state index in [2.05, 4.69) is 4.98 Å². The number of benzene rings is 2. The van der Waals surface area contributed by atoms with Crippen LogP contribution >= 0.6 is 0 Å². The molecule has 1 aromatic heterocycles. The minimum Gasteiger partial charge on any atom is -0.494 e. The van der Waals surface area contributed by atoms with Gasteiger partial charge in [-0.15, -0.1) is 0 Å². The molecule has 0 spiro atoms. The van der Waals surface area contributed by atoms with E-state index in [9.17, 15) is 4.79 Å². The Morgan fingerprint density at radius 3 is 2.67 bits per heavy atom. The molecular formula is C16H14N2O3. The third-order valence-electron chi connectivity index (χ3n) is 3.22. The van der Waals surface area contributed by atoms with Gasteiger partial charge in [0.15, 0.2) is 0 Å². The van der Waals surface area contributed by atoms with Gasteiger partial charge in [-0.1, -0.05) is 0 Å². The van der Waals surface area contributed by atoms with Crippen molar-refractivity contribution in [3.63, 3.8) is 0 Å². The van der Waals surface area contributed by atoms with Gasteiger partial charge in [0.05, 0.1) is 23.2 Å². The Kier molecular flexibility index (Phi) is 3.31. The summed E-state index contributed by atoms with van der Waals surface area (Å²) < 4.78 is 7.33. The molecule has 21 heavy (non-hydrogen) atoms. The van der Waals surface area contributed by atoms with Gasteiger partial charge in [0.2, 0.25) is 0 Å². The highest BCUT2D eigenvalue weighted by Crippen LogP contribution is 2.21. The first-order valence-electron chi connectivity index (χ1n) is 6.62. The molecule has 5 nitrogen and oxygen atoms in total. The molecule has 0 fully saturated rings. The zero-order valence-electron chi connectivity index (χ0n) is 11.5. The van der Waals surface area contributed by atoms with E-state index in [1.54, 1.807) is 24.5 Å². The Morgan fingerprint density at radius 1 is 1.24 bits per heavy atom. The Hall–Kier alpha value is -2.82. The van der Waals surface area contributed by atoms with Crippen LogP contribution in [0.25, 0.3) is 16.7 Å². The molecule has 2 aromatic carbocycles. The van der Waals surface area contributed by atoms with Crippen molar-refractivity contribution in [3.05, 3.63) is 54.4 Å². The van der Waals surface area contributed by atoms with E-state index in [0.29, 0.717) is 12.1 Å². The standard InChI is InChI=1S/C16H14N2O3/c1-2-21-13-6-4-12(5-7-13)18-10-17-14-9-11(16(19)20)3-8-15(14)18/h3-10H,2H2,1H3,(H,19,20). The van der Waals surface area contributed by atoms with Gasteiger partial charge in [-0.2, -0.15) is 0 Å². The molecule has 0 saturated heterocycles. The lowest BCUT2D eigenvalue weighted by molar-refractivity contribution is 0.0697. The van der Waals surface area contributed by atoms with Crippen LogP contribution in [0, 0.1) is 0 Å². The van der Waals surface area contributed by atoms with Crippen LogP contribution in [0.1, 0.15) is 17.3 Å². The summed E-state index contributed by atoms with van der Waals surface area (Å²) in [5, 5.41) is 9.00. The molecule has 0 unspecified atom stereocenters. The number of hydrogen-bond acceptors (Lipinski definition) is 3. The second-order valence-electron chi connectivity index (χ2n) is 4.55. The van der Waals surface area contributed by atoms with Crippen LogP contribution < -0.4 is 4.74 Å². The van der Waals surface area contributed by atoms with Crippen LogP contribution in [0.3, 0.4) is 0 Å². The smallest absolute Gasteiger partial charge is 0.335 e.